The maximum Gasteiger partial charge on any atom is 0.256 e. The summed E-state index contributed by atoms with van der Waals surface area (Å²) in [6, 6.07) is 11.3. The van der Waals surface area contributed by atoms with Crippen LogP contribution in [0, 0.1) is 11.7 Å². The Morgan fingerprint density at radius 2 is 1.83 bits per heavy atom. The number of benzene rings is 2. The van der Waals surface area contributed by atoms with Crippen molar-refractivity contribution in [1.29, 1.82) is 0 Å². The third kappa shape index (κ3) is 5.17. The van der Waals surface area contributed by atoms with Crippen LogP contribution in [0.2, 0.25) is 0 Å². The zero-order valence-electron chi connectivity index (χ0n) is 17.2. The summed E-state index contributed by atoms with van der Waals surface area (Å²) in [5.41, 5.74) is 1.04. The van der Waals surface area contributed by atoms with Crippen LogP contribution in [0.3, 0.4) is 0 Å². The molecule has 1 aliphatic rings. The van der Waals surface area contributed by atoms with Crippen LogP contribution in [0.4, 0.5) is 4.39 Å². The van der Waals surface area contributed by atoms with E-state index in [1.807, 2.05) is 12.1 Å². The van der Waals surface area contributed by atoms with Crippen LogP contribution in [0.1, 0.15) is 35.2 Å². The molecule has 1 N–H and O–H groups in total. The highest BCUT2D eigenvalue weighted by atomic mass is 32.2. The van der Waals surface area contributed by atoms with Crippen LogP contribution in [-0.2, 0) is 16.4 Å². The second-order valence-electron chi connectivity index (χ2n) is 7.47. The first-order valence-electron chi connectivity index (χ1n) is 9.99. The van der Waals surface area contributed by atoms with Gasteiger partial charge < -0.3 is 9.64 Å². The molecule has 0 aromatic heterocycles. The monoisotopic (exact) mass is 434 g/mol. The third-order valence-electron chi connectivity index (χ3n) is 5.65. The van der Waals surface area contributed by atoms with Gasteiger partial charge in [0.25, 0.3) is 5.91 Å². The number of carbonyl (C=O) groups excluding carboxylic acids is 1. The Morgan fingerprint density at radius 1 is 1.17 bits per heavy atom. The van der Waals surface area contributed by atoms with Crippen molar-refractivity contribution >= 4 is 15.9 Å². The largest absolute Gasteiger partial charge is 0.497 e. The van der Waals surface area contributed by atoms with Crippen molar-refractivity contribution in [2.75, 3.05) is 27.2 Å². The fourth-order valence-corrected chi connectivity index (χ4v) is 4.47. The topological polar surface area (TPSA) is 75.7 Å². The van der Waals surface area contributed by atoms with E-state index < -0.39 is 21.7 Å². The van der Waals surface area contributed by atoms with Gasteiger partial charge in [0.15, 0.2) is 0 Å². The van der Waals surface area contributed by atoms with E-state index in [1.165, 1.54) is 12.6 Å². The molecule has 2 aromatic rings. The first kappa shape index (κ1) is 22.2. The summed E-state index contributed by atoms with van der Waals surface area (Å²) >= 11 is 0. The molecule has 1 saturated heterocycles. The van der Waals surface area contributed by atoms with Gasteiger partial charge >= 0.3 is 0 Å². The maximum absolute atomic E-state index is 14.2. The summed E-state index contributed by atoms with van der Waals surface area (Å²) in [4.78, 5) is 14.3. The summed E-state index contributed by atoms with van der Waals surface area (Å²) in [7, 11) is -0.825. The lowest BCUT2D eigenvalue weighted by Crippen LogP contribution is -2.39. The number of ether oxygens (including phenoxy) is 1. The lowest BCUT2D eigenvalue weighted by atomic mass is 9.90. The fraction of sp³-hybridized carbons (Fsp3) is 0.409. The number of rotatable bonds is 7. The third-order valence-corrected chi connectivity index (χ3v) is 7.06. The molecule has 0 spiro atoms. The number of aryl methyl sites for hydroxylation is 1. The van der Waals surface area contributed by atoms with Gasteiger partial charge in [-0.25, -0.2) is 17.5 Å². The molecule has 1 aliphatic heterocycles. The van der Waals surface area contributed by atoms with Crippen molar-refractivity contribution in [3.05, 3.63) is 59.4 Å². The minimum atomic E-state index is -3.74. The standard InChI is InChI=1S/C22H27FN2O4S/c1-24-30(27,28)19-9-10-21(23)20(15-19)22(26)25-13-11-17(12-14-25)4-3-16-5-7-18(29-2)8-6-16/h5-10,15,17,24H,3-4,11-14H2,1-2H3. The molecule has 1 heterocycles. The van der Waals surface area contributed by atoms with Crippen molar-refractivity contribution in [2.24, 2.45) is 5.92 Å². The average Bonchev–Trinajstić information content (AvgIpc) is 2.78. The van der Waals surface area contributed by atoms with E-state index in [0.717, 1.165) is 49.6 Å². The van der Waals surface area contributed by atoms with Crippen molar-refractivity contribution in [3.8, 4) is 5.75 Å². The van der Waals surface area contributed by atoms with Crippen LogP contribution >= 0.6 is 0 Å². The number of carbonyl (C=O) groups is 1. The molecule has 0 aliphatic carbocycles. The number of nitrogens with zero attached hydrogens (tertiary/aromatic N) is 1. The number of likely N-dealkylation sites (tertiary alicyclic amines) is 1. The zero-order chi connectivity index (χ0) is 21.7. The number of methoxy groups -OCH3 is 1. The fourth-order valence-electron chi connectivity index (χ4n) is 3.71. The summed E-state index contributed by atoms with van der Waals surface area (Å²) in [5.74, 6) is 0.160. The van der Waals surface area contributed by atoms with E-state index in [4.69, 9.17) is 4.74 Å². The van der Waals surface area contributed by atoms with E-state index in [-0.39, 0.29) is 10.5 Å². The Balaban J connectivity index is 1.58. The van der Waals surface area contributed by atoms with E-state index in [9.17, 15) is 17.6 Å². The lowest BCUT2D eigenvalue weighted by molar-refractivity contribution is 0.0682. The van der Waals surface area contributed by atoms with Crippen molar-refractivity contribution in [3.63, 3.8) is 0 Å². The minimum absolute atomic E-state index is 0.121. The molecule has 162 valence electrons. The molecule has 30 heavy (non-hydrogen) atoms. The molecule has 0 radical (unpaired) electrons. The van der Waals surface area contributed by atoms with Gasteiger partial charge in [0.1, 0.15) is 11.6 Å². The molecule has 1 amide bonds. The Kier molecular flexibility index (Phi) is 7.10. The number of piperidine rings is 1. The van der Waals surface area contributed by atoms with Crippen molar-refractivity contribution in [1.82, 2.24) is 9.62 Å². The van der Waals surface area contributed by atoms with Crippen LogP contribution in [0.25, 0.3) is 0 Å². The molecule has 0 saturated carbocycles. The molecule has 2 aromatic carbocycles. The van der Waals surface area contributed by atoms with Crippen LogP contribution in [0.15, 0.2) is 47.4 Å². The van der Waals surface area contributed by atoms with E-state index >= 15 is 0 Å². The second-order valence-corrected chi connectivity index (χ2v) is 9.36. The first-order valence-corrected chi connectivity index (χ1v) is 11.5. The summed E-state index contributed by atoms with van der Waals surface area (Å²) in [5, 5.41) is 0. The molecule has 0 atom stereocenters. The summed E-state index contributed by atoms with van der Waals surface area (Å²) < 4.78 is 45.5. The molecule has 0 unspecified atom stereocenters. The number of hydrogen-bond donors (Lipinski definition) is 1. The van der Waals surface area contributed by atoms with Crippen LogP contribution in [-0.4, -0.2) is 46.5 Å². The summed E-state index contributed by atoms with van der Waals surface area (Å²) in [6.45, 7) is 1.07. The number of amides is 1. The maximum atomic E-state index is 14.2. The number of halogens is 1. The lowest BCUT2D eigenvalue weighted by Gasteiger charge is -2.32. The SMILES string of the molecule is CNS(=O)(=O)c1ccc(F)c(C(=O)N2CCC(CCc3ccc(OC)cc3)CC2)c1. The Labute approximate surface area is 177 Å². The highest BCUT2D eigenvalue weighted by molar-refractivity contribution is 7.89. The molecule has 3 rings (SSSR count). The van der Waals surface area contributed by atoms with E-state index in [2.05, 4.69) is 16.9 Å². The van der Waals surface area contributed by atoms with Gasteiger partial charge in [-0.1, -0.05) is 12.1 Å². The molecule has 6 nitrogen and oxygen atoms in total. The molecule has 0 bridgehead atoms. The van der Waals surface area contributed by atoms with E-state index in [0.29, 0.717) is 19.0 Å². The highest BCUT2D eigenvalue weighted by Gasteiger charge is 2.26. The molecular formula is C22H27FN2O4S. The molecule has 1 fully saturated rings. The van der Waals surface area contributed by atoms with Gasteiger partial charge in [-0.05, 0) is 74.5 Å². The highest BCUT2D eigenvalue weighted by Crippen LogP contribution is 2.25. The van der Waals surface area contributed by atoms with Gasteiger partial charge in [-0.3, -0.25) is 4.79 Å². The summed E-state index contributed by atoms with van der Waals surface area (Å²) in [6.07, 6.45) is 3.68. The average molecular weight is 435 g/mol. The van der Waals surface area contributed by atoms with Crippen molar-refractivity contribution < 1.29 is 22.3 Å². The predicted molar refractivity (Wildman–Crippen MR) is 113 cm³/mol. The normalized spacial score (nSPS) is 15.2. The van der Waals surface area contributed by atoms with Crippen molar-refractivity contribution in [2.45, 2.75) is 30.6 Å². The van der Waals surface area contributed by atoms with Gasteiger partial charge in [0.05, 0.1) is 17.6 Å². The molecular weight excluding hydrogens is 407 g/mol. The quantitative estimate of drug-likeness (QED) is 0.726. The Hall–Kier alpha value is -2.45. The second kappa shape index (κ2) is 9.57. The first-order chi connectivity index (χ1) is 14.3. The predicted octanol–water partition coefficient (Wildman–Crippen LogP) is 3.23. The number of sulfonamides is 1. The Bertz CT molecular complexity index is 985. The van der Waals surface area contributed by atoms with Gasteiger partial charge in [0, 0.05) is 13.1 Å². The smallest absolute Gasteiger partial charge is 0.256 e. The van der Waals surface area contributed by atoms with Crippen LogP contribution in [0.5, 0.6) is 5.75 Å². The van der Waals surface area contributed by atoms with E-state index in [1.54, 1.807) is 12.0 Å². The zero-order valence-corrected chi connectivity index (χ0v) is 18.0. The Morgan fingerprint density at radius 3 is 2.43 bits per heavy atom. The van der Waals surface area contributed by atoms with Crippen LogP contribution < -0.4 is 9.46 Å². The number of hydrogen-bond acceptors (Lipinski definition) is 4. The van der Waals surface area contributed by atoms with Gasteiger partial charge in [-0.2, -0.15) is 0 Å². The molecule has 8 heteroatoms. The number of nitrogens with one attached hydrogen (secondary N) is 1. The van der Waals surface area contributed by atoms with Gasteiger partial charge in [-0.15, -0.1) is 0 Å². The van der Waals surface area contributed by atoms with Gasteiger partial charge in [0.2, 0.25) is 10.0 Å². The minimum Gasteiger partial charge on any atom is -0.497 e.